The molecule has 88 valence electrons. The van der Waals surface area contributed by atoms with E-state index in [9.17, 15) is 8.78 Å². The summed E-state index contributed by atoms with van der Waals surface area (Å²) in [6.45, 7) is 4.47. The van der Waals surface area contributed by atoms with E-state index in [2.05, 4.69) is 5.32 Å². The van der Waals surface area contributed by atoms with Crippen LogP contribution in [0.5, 0.6) is 0 Å². The molecule has 0 amide bonds. The van der Waals surface area contributed by atoms with Crippen LogP contribution >= 0.6 is 0 Å². The Morgan fingerprint density at radius 2 is 2.06 bits per heavy atom. The maximum Gasteiger partial charge on any atom is 0.131 e. The van der Waals surface area contributed by atoms with Gasteiger partial charge in [-0.3, -0.25) is 0 Å². The maximum absolute atomic E-state index is 13.6. The number of hydrogen-bond acceptors (Lipinski definition) is 2. The molecular weight excluding hydrogens is 212 g/mol. The average Bonchev–Trinajstić information content (AvgIpc) is 2.19. The van der Waals surface area contributed by atoms with Gasteiger partial charge in [0.1, 0.15) is 17.7 Å². The van der Waals surface area contributed by atoms with Gasteiger partial charge in [0.15, 0.2) is 0 Å². The third-order valence-electron chi connectivity index (χ3n) is 2.80. The lowest BCUT2D eigenvalue weighted by atomic mass is 10.0. The van der Waals surface area contributed by atoms with Gasteiger partial charge in [-0.05, 0) is 19.9 Å². The molecule has 2 rings (SSSR count). The molecule has 0 aliphatic carbocycles. The first-order valence-electron chi connectivity index (χ1n) is 5.40. The molecule has 1 saturated heterocycles. The van der Waals surface area contributed by atoms with Crippen LogP contribution in [-0.4, -0.2) is 18.7 Å². The zero-order valence-corrected chi connectivity index (χ0v) is 9.34. The lowest BCUT2D eigenvalue weighted by molar-refractivity contribution is -0.0225. The summed E-state index contributed by atoms with van der Waals surface area (Å²) in [5.41, 5.74) is 0.410. The van der Waals surface area contributed by atoms with E-state index in [0.717, 1.165) is 6.07 Å². The highest BCUT2D eigenvalue weighted by Crippen LogP contribution is 2.27. The van der Waals surface area contributed by atoms with Crippen LogP contribution in [-0.2, 0) is 4.74 Å². The number of morpholine rings is 1. The minimum absolute atomic E-state index is 0.0173. The summed E-state index contributed by atoms with van der Waals surface area (Å²) in [6.07, 6.45) is -0.350. The molecule has 2 nitrogen and oxygen atoms in total. The Kier molecular flexibility index (Phi) is 3.21. The van der Waals surface area contributed by atoms with Crippen molar-refractivity contribution in [2.75, 3.05) is 6.61 Å². The van der Waals surface area contributed by atoms with Crippen LogP contribution in [0.1, 0.15) is 25.5 Å². The quantitative estimate of drug-likeness (QED) is 0.795. The van der Waals surface area contributed by atoms with Gasteiger partial charge < -0.3 is 10.1 Å². The second kappa shape index (κ2) is 4.47. The molecule has 1 fully saturated rings. The van der Waals surface area contributed by atoms with Crippen LogP contribution in [0.2, 0.25) is 0 Å². The predicted octanol–water partition coefficient (Wildman–Crippen LogP) is 2.40. The normalized spacial score (nSPS) is 30.4. The molecule has 1 N–H and O–H groups in total. The summed E-state index contributed by atoms with van der Waals surface area (Å²) in [5.74, 6) is -1.11. The van der Waals surface area contributed by atoms with Crippen molar-refractivity contribution in [3.63, 3.8) is 0 Å². The second-order valence-electron chi connectivity index (χ2n) is 4.28. The van der Waals surface area contributed by atoms with Crippen molar-refractivity contribution in [2.24, 2.45) is 0 Å². The van der Waals surface area contributed by atoms with Crippen LogP contribution in [0.15, 0.2) is 18.2 Å². The van der Waals surface area contributed by atoms with Crippen LogP contribution < -0.4 is 5.32 Å². The Balaban J connectivity index is 2.23. The number of halogens is 2. The molecule has 16 heavy (non-hydrogen) atoms. The fraction of sp³-hybridized carbons (Fsp3) is 0.500. The Labute approximate surface area is 93.6 Å². The van der Waals surface area contributed by atoms with Crippen molar-refractivity contribution in [2.45, 2.75) is 32.0 Å². The maximum atomic E-state index is 13.6. The molecule has 4 heteroatoms. The fourth-order valence-electron chi connectivity index (χ4n) is 2.07. The van der Waals surface area contributed by atoms with E-state index >= 15 is 0 Å². The van der Waals surface area contributed by atoms with Gasteiger partial charge in [0.05, 0.1) is 6.61 Å². The molecular formula is C12H15F2NO. The highest BCUT2D eigenvalue weighted by atomic mass is 19.1. The molecule has 0 bridgehead atoms. The third-order valence-corrected chi connectivity index (χ3v) is 2.80. The zero-order valence-electron chi connectivity index (χ0n) is 9.34. The first kappa shape index (κ1) is 11.5. The van der Waals surface area contributed by atoms with E-state index in [0.29, 0.717) is 12.2 Å². The van der Waals surface area contributed by atoms with Crippen LogP contribution in [0.4, 0.5) is 8.78 Å². The highest BCUT2D eigenvalue weighted by molar-refractivity contribution is 5.22. The number of benzene rings is 1. The summed E-state index contributed by atoms with van der Waals surface area (Å²) in [7, 11) is 0. The molecule has 0 saturated carbocycles. The number of nitrogens with one attached hydrogen (secondary N) is 1. The van der Waals surface area contributed by atoms with Crippen molar-refractivity contribution in [1.29, 1.82) is 0 Å². The molecule has 1 heterocycles. The van der Waals surface area contributed by atoms with E-state index in [1.54, 1.807) is 0 Å². The SMILES string of the molecule is CC1N[C@@H](C)COC1c1ccc(F)cc1F. The lowest BCUT2D eigenvalue weighted by Crippen LogP contribution is -2.47. The largest absolute Gasteiger partial charge is 0.370 e. The van der Waals surface area contributed by atoms with E-state index < -0.39 is 11.6 Å². The Morgan fingerprint density at radius 1 is 1.31 bits per heavy atom. The van der Waals surface area contributed by atoms with E-state index in [1.165, 1.54) is 12.1 Å². The summed E-state index contributed by atoms with van der Waals surface area (Å²) in [6, 6.07) is 3.87. The van der Waals surface area contributed by atoms with Gasteiger partial charge in [-0.2, -0.15) is 0 Å². The van der Waals surface area contributed by atoms with Gasteiger partial charge in [0.2, 0.25) is 0 Å². The minimum Gasteiger partial charge on any atom is -0.370 e. The zero-order chi connectivity index (χ0) is 11.7. The summed E-state index contributed by atoms with van der Waals surface area (Å²) >= 11 is 0. The monoisotopic (exact) mass is 227 g/mol. The van der Waals surface area contributed by atoms with Gasteiger partial charge in [-0.15, -0.1) is 0 Å². The number of rotatable bonds is 1. The van der Waals surface area contributed by atoms with Crippen molar-refractivity contribution in [3.05, 3.63) is 35.4 Å². The standard InChI is InChI=1S/C12H15F2NO/c1-7-6-16-12(8(2)15-7)10-4-3-9(13)5-11(10)14/h3-5,7-8,12,15H,6H2,1-2H3/t7-,8?,12?/m0/s1. The van der Waals surface area contributed by atoms with E-state index in [-0.39, 0.29) is 18.2 Å². The van der Waals surface area contributed by atoms with E-state index in [4.69, 9.17) is 4.74 Å². The first-order valence-corrected chi connectivity index (χ1v) is 5.40. The first-order chi connectivity index (χ1) is 7.58. The Bertz CT molecular complexity index is 383. The Morgan fingerprint density at radius 3 is 2.69 bits per heavy atom. The lowest BCUT2D eigenvalue weighted by Gasteiger charge is -2.34. The molecule has 1 aromatic carbocycles. The number of ether oxygens (including phenoxy) is 1. The fourth-order valence-corrected chi connectivity index (χ4v) is 2.07. The van der Waals surface area contributed by atoms with Gasteiger partial charge in [0, 0.05) is 23.7 Å². The van der Waals surface area contributed by atoms with E-state index in [1.807, 2.05) is 13.8 Å². The number of hydrogen-bond donors (Lipinski definition) is 1. The topological polar surface area (TPSA) is 21.3 Å². The molecule has 0 aromatic heterocycles. The van der Waals surface area contributed by atoms with Crippen LogP contribution in [0, 0.1) is 11.6 Å². The minimum atomic E-state index is -0.564. The molecule has 3 atom stereocenters. The van der Waals surface area contributed by atoms with Crippen molar-refractivity contribution >= 4 is 0 Å². The van der Waals surface area contributed by atoms with Crippen LogP contribution in [0.25, 0.3) is 0 Å². The highest BCUT2D eigenvalue weighted by Gasteiger charge is 2.28. The smallest absolute Gasteiger partial charge is 0.131 e. The summed E-state index contributed by atoms with van der Waals surface area (Å²) in [5, 5.41) is 3.28. The molecule has 2 unspecified atom stereocenters. The molecule has 1 aromatic rings. The van der Waals surface area contributed by atoms with Crippen molar-refractivity contribution in [1.82, 2.24) is 5.32 Å². The van der Waals surface area contributed by atoms with Crippen molar-refractivity contribution < 1.29 is 13.5 Å². The van der Waals surface area contributed by atoms with Crippen LogP contribution in [0.3, 0.4) is 0 Å². The van der Waals surface area contributed by atoms with Crippen molar-refractivity contribution in [3.8, 4) is 0 Å². The van der Waals surface area contributed by atoms with Gasteiger partial charge >= 0.3 is 0 Å². The average molecular weight is 227 g/mol. The Hall–Kier alpha value is -1.00. The molecule has 1 aliphatic heterocycles. The molecule has 0 spiro atoms. The summed E-state index contributed by atoms with van der Waals surface area (Å²) in [4.78, 5) is 0. The van der Waals surface area contributed by atoms with Gasteiger partial charge in [0.25, 0.3) is 0 Å². The molecule has 1 aliphatic rings. The van der Waals surface area contributed by atoms with Gasteiger partial charge in [-0.1, -0.05) is 6.07 Å². The molecule has 0 radical (unpaired) electrons. The predicted molar refractivity (Wildman–Crippen MR) is 57.1 cm³/mol. The third kappa shape index (κ3) is 2.23. The second-order valence-corrected chi connectivity index (χ2v) is 4.28. The van der Waals surface area contributed by atoms with Gasteiger partial charge in [-0.25, -0.2) is 8.78 Å². The summed E-state index contributed by atoms with van der Waals surface area (Å²) < 4.78 is 31.9.